The first-order valence-electron chi connectivity index (χ1n) is 13.2. The molecule has 3 aromatic carbocycles. The summed E-state index contributed by atoms with van der Waals surface area (Å²) < 4.78 is 18.7. The van der Waals surface area contributed by atoms with Crippen LogP contribution in [0.3, 0.4) is 0 Å². The van der Waals surface area contributed by atoms with Gasteiger partial charge in [-0.15, -0.1) is 0 Å². The van der Waals surface area contributed by atoms with Gasteiger partial charge in [0, 0.05) is 34.2 Å². The molecule has 7 nitrogen and oxygen atoms in total. The number of carbonyl (C=O) groups excluding carboxylic acids is 1. The number of methoxy groups -OCH3 is 3. The molecule has 4 aromatic rings. The maximum atomic E-state index is 14.1. The molecule has 0 unspecified atom stereocenters. The van der Waals surface area contributed by atoms with Crippen molar-refractivity contribution in [1.82, 2.24) is 9.78 Å². The number of allylic oxidation sites excluding steroid dienone is 2. The predicted octanol–water partition coefficient (Wildman–Crippen LogP) is 6.82. The van der Waals surface area contributed by atoms with Gasteiger partial charge >= 0.3 is 0 Å². The predicted molar refractivity (Wildman–Crippen MR) is 155 cm³/mol. The third-order valence-corrected chi connectivity index (χ3v) is 8.08. The van der Waals surface area contributed by atoms with Crippen molar-refractivity contribution in [3.63, 3.8) is 0 Å². The number of aryl methyl sites for hydroxylation is 1. The number of ketones is 1. The number of para-hydroxylation sites is 1. The Morgan fingerprint density at radius 2 is 1.57 bits per heavy atom. The molecule has 1 aliphatic carbocycles. The van der Waals surface area contributed by atoms with Crippen LogP contribution in [0, 0.1) is 6.92 Å². The van der Waals surface area contributed by atoms with E-state index in [4.69, 9.17) is 30.9 Å². The molecule has 8 heteroatoms. The highest BCUT2D eigenvalue weighted by molar-refractivity contribution is 6.30. The number of nitrogens with one attached hydrogen (secondary N) is 1. The zero-order chi connectivity index (χ0) is 28.0. The molecule has 0 amide bonds. The molecule has 0 spiro atoms. The topological polar surface area (TPSA) is 74.6 Å². The Morgan fingerprint density at radius 3 is 2.20 bits per heavy atom. The molecular formula is C32H30ClN3O4. The second-order valence-electron chi connectivity index (χ2n) is 10.1. The quantitative estimate of drug-likeness (QED) is 0.281. The Hall–Kier alpha value is -4.23. The van der Waals surface area contributed by atoms with E-state index in [-0.39, 0.29) is 17.6 Å². The molecule has 0 saturated carbocycles. The fourth-order valence-electron chi connectivity index (χ4n) is 5.99. The van der Waals surface area contributed by atoms with E-state index in [1.54, 1.807) is 21.3 Å². The minimum atomic E-state index is -0.255. The zero-order valence-corrected chi connectivity index (χ0v) is 23.6. The molecule has 2 atom stereocenters. The highest BCUT2D eigenvalue weighted by Crippen LogP contribution is 2.51. The molecule has 1 N–H and O–H groups in total. The van der Waals surface area contributed by atoms with Crippen molar-refractivity contribution in [3.05, 3.63) is 105 Å². The van der Waals surface area contributed by atoms with Crippen LogP contribution >= 0.6 is 11.6 Å². The lowest BCUT2D eigenvalue weighted by molar-refractivity contribution is -0.116. The number of anilines is 1. The van der Waals surface area contributed by atoms with Crippen molar-refractivity contribution in [1.29, 1.82) is 0 Å². The molecular weight excluding hydrogens is 526 g/mol. The Kier molecular flexibility index (Phi) is 6.76. The normalized spacial score (nSPS) is 18.1. The van der Waals surface area contributed by atoms with Crippen LogP contribution in [0.4, 0.5) is 5.82 Å². The van der Waals surface area contributed by atoms with Gasteiger partial charge in [-0.1, -0.05) is 41.9 Å². The van der Waals surface area contributed by atoms with Gasteiger partial charge in [0.05, 0.1) is 32.7 Å². The summed E-state index contributed by atoms with van der Waals surface area (Å²) >= 11 is 6.25. The minimum Gasteiger partial charge on any atom is -0.493 e. The average molecular weight is 556 g/mol. The maximum Gasteiger partial charge on any atom is 0.203 e. The van der Waals surface area contributed by atoms with E-state index in [2.05, 4.69) is 5.32 Å². The number of benzene rings is 3. The summed E-state index contributed by atoms with van der Waals surface area (Å²) in [6.07, 6.45) is 1.01. The van der Waals surface area contributed by atoms with E-state index in [0.29, 0.717) is 35.1 Å². The lowest BCUT2D eigenvalue weighted by Crippen LogP contribution is -2.30. The van der Waals surface area contributed by atoms with Crippen LogP contribution in [0.15, 0.2) is 78.0 Å². The van der Waals surface area contributed by atoms with Crippen LogP contribution in [0.25, 0.3) is 5.69 Å². The van der Waals surface area contributed by atoms with E-state index < -0.39 is 0 Å². The fourth-order valence-corrected chi connectivity index (χ4v) is 6.12. The molecule has 0 saturated heterocycles. The molecule has 1 aliphatic heterocycles. The van der Waals surface area contributed by atoms with Crippen LogP contribution < -0.4 is 19.5 Å². The highest BCUT2D eigenvalue weighted by atomic mass is 35.5. The van der Waals surface area contributed by atoms with Crippen molar-refractivity contribution in [2.24, 2.45) is 0 Å². The number of rotatable bonds is 6. The summed E-state index contributed by atoms with van der Waals surface area (Å²) in [5, 5.41) is 9.23. The number of Topliss-reactive ketones (excluding diaryl/α,β-unsaturated/α-hetero) is 1. The van der Waals surface area contributed by atoms with Crippen molar-refractivity contribution < 1.29 is 19.0 Å². The minimum absolute atomic E-state index is 0.0749. The van der Waals surface area contributed by atoms with E-state index in [1.807, 2.05) is 78.3 Å². The van der Waals surface area contributed by atoms with Gasteiger partial charge < -0.3 is 19.5 Å². The second kappa shape index (κ2) is 10.4. The van der Waals surface area contributed by atoms with Crippen molar-refractivity contribution in [2.45, 2.75) is 31.6 Å². The van der Waals surface area contributed by atoms with Crippen LogP contribution in [0.2, 0.25) is 5.02 Å². The Bertz CT molecular complexity index is 1600. The van der Waals surface area contributed by atoms with Gasteiger partial charge in [-0.3, -0.25) is 4.79 Å². The number of hydrogen-bond acceptors (Lipinski definition) is 6. The summed E-state index contributed by atoms with van der Waals surface area (Å²) in [4.78, 5) is 14.1. The first kappa shape index (κ1) is 26.0. The second-order valence-corrected chi connectivity index (χ2v) is 10.5. The number of fused-ring (bicyclic) bond motifs is 1. The first-order valence-corrected chi connectivity index (χ1v) is 13.5. The number of ether oxygens (including phenoxy) is 3. The molecule has 2 heterocycles. The molecule has 6 rings (SSSR count). The van der Waals surface area contributed by atoms with Crippen molar-refractivity contribution >= 4 is 23.2 Å². The number of nitrogens with zero attached hydrogens (tertiary/aromatic N) is 2. The SMILES string of the molecule is COc1cc([C@@H]2CC(=O)C3=C(C2)Nc2c(c(C)nn2-c2ccccc2)[C@H]3c2ccc(Cl)cc2)cc(OC)c1OC. The molecule has 0 fully saturated rings. The molecule has 0 radical (unpaired) electrons. The lowest BCUT2D eigenvalue weighted by Gasteiger charge is -2.36. The third kappa shape index (κ3) is 4.31. The largest absolute Gasteiger partial charge is 0.493 e. The van der Waals surface area contributed by atoms with Gasteiger partial charge in [0.1, 0.15) is 5.82 Å². The highest BCUT2D eigenvalue weighted by Gasteiger charge is 2.41. The van der Waals surface area contributed by atoms with Crippen molar-refractivity contribution in [2.75, 3.05) is 26.6 Å². The van der Waals surface area contributed by atoms with Crippen molar-refractivity contribution in [3.8, 4) is 22.9 Å². The van der Waals surface area contributed by atoms with E-state index in [1.165, 1.54) is 0 Å². The molecule has 1 aromatic heterocycles. The van der Waals surface area contributed by atoms with E-state index in [0.717, 1.165) is 45.2 Å². The Labute approximate surface area is 238 Å². The van der Waals surface area contributed by atoms with Crippen LogP contribution in [-0.2, 0) is 4.79 Å². The molecule has 2 aliphatic rings. The summed E-state index contributed by atoms with van der Waals surface area (Å²) in [5.41, 5.74) is 6.48. The van der Waals surface area contributed by atoms with Gasteiger partial charge in [0.25, 0.3) is 0 Å². The van der Waals surface area contributed by atoms with E-state index >= 15 is 0 Å². The zero-order valence-electron chi connectivity index (χ0n) is 22.8. The summed E-state index contributed by atoms with van der Waals surface area (Å²) in [5.74, 6) is 2.31. The van der Waals surface area contributed by atoms with Gasteiger partial charge in [-0.05, 0) is 66.8 Å². The standard InChI is InChI=1S/C32H30ClN3O4/c1-18-28-29(19-10-12-22(33)13-11-19)30-24(34-32(28)36(35-18)23-8-6-5-7-9-23)14-20(15-25(30)37)21-16-26(38-2)31(40-4)27(17-21)39-3/h5-13,16-17,20,29,34H,14-15H2,1-4H3/t20-,29+/m0/s1. The third-order valence-electron chi connectivity index (χ3n) is 7.82. The molecule has 0 bridgehead atoms. The van der Waals surface area contributed by atoms with Gasteiger partial charge in [0.2, 0.25) is 5.75 Å². The summed E-state index contributed by atoms with van der Waals surface area (Å²) in [7, 11) is 4.78. The van der Waals surface area contributed by atoms with Gasteiger partial charge in [0.15, 0.2) is 17.3 Å². The molecule has 204 valence electrons. The maximum absolute atomic E-state index is 14.1. The number of halogens is 1. The van der Waals surface area contributed by atoms with Crippen LogP contribution in [0.1, 0.15) is 47.1 Å². The fraction of sp³-hybridized carbons (Fsp3) is 0.250. The number of aromatic nitrogens is 2. The summed E-state index contributed by atoms with van der Waals surface area (Å²) in [6.45, 7) is 2.00. The average Bonchev–Trinajstić information content (AvgIpc) is 3.31. The lowest BCUT2D eigenvalue weighted by atomic mass is 9.72. The summed E-state index contributed by atoms with van der Waals surface area (Å²) in [6, 6.07) is 21.7. The van der Waals surface area contributed by atoms with Crippen LogP contribution in [-0.4, -0.2) is 36.9 Å². The Morgan fingerprint density at radius 1 is 0.900 bits per heavy atom. The smallest absolute Gasteiger partial charge is 0.203 e. The first-order chi connectivity index (χ1) is 19.4. The monoisotopic (exact) mass is 555 g/mol. The number of hydrogen-bond donors (Lipinski definition) is 1. The number of carbonyl (C=O) groups is 1. The van der Waals surface area contributed by atoms with Crippen LogP contribution in [0.5, 0.6) is 17.2 Å². The van der Waals surface area contributed by atoms with Gasteiger partial charge in [-0.25, -0.2) is 4.68 Å². The van der Waals surface area contributed by atoms with E-state index in [9.17, 15) is 4.79 Å². The van der Waals surface area contributed by atoms with Gasteiger partial charge in [-0.2, -0.15) is 5.10 Å². The molecule has 40 heavy (non-hydrogen) atoms. The Balaban J connectivity index is 1.49.